The molecule has 0 fully saturated rings. The highest BCUT2D eigenvalue weighted by Crippen LogP contribution is 2.27. The van der Waals surface area contributed by atoms with Gasteiger partial charge >= 0.3 is 0 Å². The van der Waals surface area contributed by atoms with Crippen LogP contribution in [0.15, 0.2) is 61.2 Å². The molecule has 34 heavy (non-hydrogen) atoms. The summed E-state index contributed by atoms with van der Waals surface area (Å²) in [6.07, 6.45) is 13.2. The van der Waals surface area contributed by atoms with Crippen LogP contribution in [0.25, 0.3) is 28.2 Å². The van der Waals surface area contributed by atoms with E-state index in [2.05, 4.69) is 43.6 Å². The fraction of sp³-hybridized carbons (Fsp3) is 0.367. The van der Waals surface area contributed by atoms with E-state index in [-0.39, 0.29) is 12.0 Å². The van der Waals surface area contributed by atoms with Crippen molar-refractivity contribution in [2.75, 3.05) is 6.61 Å². The number of ether oxygens (including phenoxy) is 1. The lowest BCUT2D eigenvalue weighted by atomic mass is 10.0. The molecule has 0 spiro atoms. The van der Waals surface area contributed by atoms with Gasteiger partial charge in [0, 0.05) is 17.6 Å². The molecule has 0 radical (unpaired) electrons. The Hall–Kier alpha value is -2.85. The summed E-state index contributed by atoms with van der Waals surface area (Å²) >= 11 is 0. The fourth-order valence-electron chi connectivity index (χ4n) is 3.96. The molecule has 4 heteroatoms. The standard InChI is InChI=1S/C30H35F2NO/c1-4-6-10-20-34-22(3)12-8-7-9-13-23-14-18-27-25(21-23)16-19-28(33-27)26-17-15-24(11-5-2)29(31)30(26)32/h5,9,13-19,21-22H,2,4,6-8,10-12,20H2,1,3H3. The van der Waals surface area contributed by atoms with E-state index in [1.54, 1.807) is 24.3 Å². The highest BCUT2D eigenvalue weighted by atomic mass is 19.2. The highest BCUT2D eigenvalue weighted by Gasteiger charge is 2.15. The summed E-state index contributed by atoms with van der Waals surface area (Å²) in [5, 5.41) is 0.962. The number of allylic oxidation sites excluding steroid dienone is 2. The summed E-state index contributed by atoms with van der Waals surface area (Å²) in [5.41, 5.74) is 2.72. The number of unbranched alkanes of at least 4 members (excludes halogenated alkanes) is 3. The fourth-order valence-corrected chi connectivity index (χ4v) is 3.96. The van der Waals surface area contributed by atoms with Gasteiger partial charge in [-0.05, 0) is 74.4 Å². The third kappa shape index (κ3) is 7.07. The summed E-state index contributed by atoms with van der Waals surface area (Å²) in [6, 6.07) is 12.8. The van der Waals surface area contributed by atoms with Crippen LogP contribution in [0.3, 0.4) is 0 Å². The third-order valence-electron chi connectivity index (χ3n) is 5.96. The number of halogens is 2. The van der Waals surface area contributed by atoms with E-state index in [1.165, 1.54) is 12.8 Å². The monoisotopic (exact) mass is 463 g/mol. The maximum atomic E-state index is 14.6. The summed E-state index contributed by atoms with van der Waals surface area (Å²) in [6.45, 7) is 8.80. The first-order valence-electron chi connectivity index (χ1n) is 12.3. The zero-order valence-electron chi connectivity index (χ0n) is 20.3. The Balaban J connectivity index is 1.59. The van der Waals surface area contributed by atoms with Crippen LogP contribution >= 0.6 is 0 Å². The maximum absolute atomic E-state index is 14.6. The topological polar surface area (TPSA) is 22.1 Å². The molecular weight excluding hydrogens is 428 g/mol. The van der Waals surface area contributed by atoms with Crippen molar-refractivity contribution in [3.05, 3.63) is 84.0 Å². The lowest BCUT2D eigenvalue weighted by Crippen LogP contribution is -2.08. The number of aromatic nitrogens is 1. The van der Waals surface area contributed by atoms with Crippen molar-refractivity contribution in [1.29, 1.82) is 0 Å². The Morgan fingerprint density at radius 1 is 1.03 bits per heavy atom. The zero-order chi connectivity index (χ0) is 24.3. The quantitative estimate of drug-likeness (QED) is 0.187. The number of benzene rings is 2. The third-order valence-corrected chi connectivity index (χ3v) is 5.96. The van der Waals surface area contributed by atoms with Gasteiger partial charge in [0.2, 0.25) is 0 Å². The smallest absolute Gasteiger partial charge is 0.168 e. The van der Waals surface area contributed by atoms with Crippen LogP contribution in [0.1, 0.15) is 63.5 Å². The van der Waals surface area contributed by atoms with Gasteiger partial charge in [-0.25, -0.2) is 13.8 Å². The average Bonchev–Trinajstić information content (AvgIpc) is 2.84. The minimum atomic E-state index is -0.869. The van der Waals surface area contributed by atoms with Gasteiger partial charge in [-0.1, -0.05) is 56.2 Å². The first kappa shape index (κ1) is 25.8. The molecule has 0 aliphatic heterocycles. The number of rotatable bonds is 13. The van der Waals surface area contributed by atoms with Crippen molar-refractivity contribution < 1.29 is 13.5 Å². The summed E-state index contributed by atoms with van der Waals surface area (Å²) in [7, 11) is 0. The van der Waals surface area contributed by atoms with Gasteiger partial charge in [0.1, 0.15) is 0 Å². The molecule has 0 amide bonds. The first-order chi connectivity index (χ1) is 16.5. The van der Waals surface area contributed by atoms with Crippen LogP contribution in [0.2, 0.25) is 0 Å². The lowest BCUT2D eigenvalue weighted by molar-refractivity contribution is 0.0566. The van der Waals surface area contributed by atoms with Crippen molar-refractivity contribution >= 4 is 17.0 Å². The van der Waals surface area contributed by atoms with Gasteiger partial charge in [0.05, 0.1) is 17.3 Å². The Morgan fingerprint density at radius 3 is 2.68 bits per heavy atom. The van der Waals surface area contributed by atoms with Gasteiger partial charge in [0.15, 0.2) is 11.6 Å². The SMILES string of the molecule is C=CCc1ccc(-c2ccc3cc(C=CCCCC(C)OCCCCC)ccc3n2)c(F)c1F. The highest BCUT2D eigenvalue weighted by molar-refractivity contribution is 5.84. The molecule has 2 nitrogen and oxygen atoms in total. The van der Waals surface area contributed by atoms with Crippen molar-refractivity contribution in [3.8, 4) is 11.3 Å². The number of fused-ring (bicyclic) bond motifs is 1. The molecule has 1 aromatic heterocycles. The van der Waals surface area contributed by atoms with Crippen molar-refractivity contribution in [2.24, 2.45) is 0 Å². The lowest BCUT2D eigenvalue weighted by Gasteiger charge is -2.12. The molecule has 0 aliphatic carbocycles. The van der Waals surface area contributed by atoms with Crippen LogP contribution in [-0.2, 0) is 11.2 Å². The number of nitrogens with zero attached hydrogens (tertiary/aromatic N) is 1. The summed E-state index contributed by atoms with van der Waals surface area (Å²) < 4.78 is 34.8. The second kappa shape index (κ2) is 13.1. The second-order valence-electron chi connectivity index (χ2n) is 8.76. The second-order valence-corrected chi connectivity index (χ2v) is 8.76. The van der Waals surface area contributed by atoms with E-state index in [0.29, 0.717) is 17.4 Å². The average molecular weight is 464 g/mol. The predicted octanol–water partition coefficient (Wildman–Crippen LogP) is 8.69. The summed E-state index contributed by atoms with van der Waals surface area (Å²) in [5.74, 6) is -1.70. The van der Waals surface area contributed by atoms with E-state index < -0.39 is 11.6 Å². The Kier molecular flexibility index (Phi) is 9.96. The van der Waals surface area contributed by atoms with E-state index >= 15 is 0 Å². The van der Waals surface area contributed by atoms with Gasteiger partial charge in [-0.3, -0.25) is 0 Å². The van der Waals surface area contributed by atoms with Crippen molar-refractivity contribution in [2.45, 2.75) is 64.9 Å². The maximum Gasteiger partial charge on any atom is 0.168 e. The van der Waals surface area contributed by atoms with E-state index in [1.807, 2.05) is 18.2 Å². The molecule has 0 saturated carbocycles. The molecule has 0 saturated heterocycles. The molecular formula is C30H35F2NO. The largest absolute Gasteiger partial charge is 0.379 e. The molecule has 0 N–H and O–H groups in total. The molecule has 3 aromatic rings. The number of hydrogen-bond donors (Lipinski definition) is 0. The Bertz CT molecular complexity index is 1120. The normalized spacial score (nSPS) is 12.5. The molecule has 3 rings (SSSR count). The van der Waals surface area contributed by atoms with Gasteiger partial charge in [-0.2, -0.15) is 0 Å². The van der Waals surface area contributed by atoms with Crippen molar-refractivity contribution in [3.63, 3.8) is 0 Å². The van der Waals surface area contributed by atoms with Crippen LogP contribution in [0.5, 0.6) is 0 Å². The van der Waals surface area contributed by atoms with Crippen LogP contribution < -0.4 is 0 Å². The molecule has 0 aliphatic rings. The Morgan fingerprint density at radius 2 is 1.88 bits per heavy atom. The molecule has 180 valence electrons. The summed E-state index contributed by atoms with van der Waals surface area (Å²) in [4.78, 5) is 4.56. The number of pyridine rings is 1. The van der Waals surface area contributed by atoms with E-state index in [4.69, 9.17) is 4.74 Å². The predicted molar refractivity (Wildman–Crippen MR) is 139 cm³/mol. The van der Waals surface area contributed by atoms with E-state index in [0.717, 1.165) is 48.8 Å². The minimum absolute atomic E-state index is 0.166. The number of hydrogen-bond acceptors (Lipinski definition) is 2. The Labute approximate surface area is 202 Å². The molecule has 2 aromatic carbocycles. The zero-order valence-corrected chi connectivity index (χ0v) is 20.3. The van der Waals surface area contributed by atoms with Gasteiger partial charge in [0.25, 0.3) is 0 Å². The van der Waals surface area contributed by atoms with Gasteiger partial charge in [-0.15, -0.1) is 6.58 Å². The molecule has 1 heterocycles. The van der Waals surface area contributed by atoms with Crippen LogP contribution in [0, 0.1) is 11.6 Å². The first-order valence-corrected chi connectivity index (χ1v) is 12.3. The molecule has 1 unspecified atom stereocenters. The van der Waals surface area contributed by atoms with Crippen molar-refractivity contribution in [1.82, 2.24) is 4.98 Å². The van der Waals surface area contributed by atoms with E-state index in [9.17, 15) is 8.78 Å². The molecule has 1 atom stereocenters. The van der Waals surface area contributed by atoms with Crippen LogP contribution in [-0.4, -0.2) is 17.7 Å². The van der Waals surface area contributed by atoms with Crippen LogP contribution in [0.4, 0.5) is 8.78 Å². The minimum Gasteiger partial charge on any atom is -0.379 e. The van der Waals surface area contributed by atoms with Gasteiger partial charge < -0.3 is 4.74 Å². The molecule has 0 bridgehead atoms.